The lowest BCUT2D eigenvalue weighted by molar-refractivity contribution is 0.418. The predicted octanol–water partition coefficient (Wildman–Crippen LogP) is 3.05. The molecule has 0 bridgehead atoms. The van der Waals surface area contributed by atoms with Gasteiger partial charge >= 0.3 is 0 Å². The van der Waals surface area contributed by atoms with Crippen molar-refractivity contribution < 1.29 is 8.91 Å². The van der Waals surface area contributed by atoms with E-state index in [-0.39, 0.29) is 24.3 Å². The molecular weight excluding hydrogens is 384 g/mol. The Bertz CT molecular complexity index is 550. The summed E-state index contributed by atoms with van der Waals surface area (Å²) in [7, 11) is 1.88. The molecule has 0 fully saturated rings. The smallest absolute Gasteiger partial charge is 0.258 e. The zero-order valence-electron chi connectivity index (χ0n) is 10.5. The number of nitrogens with one attached hydrogen (secondary N) is 1. The fourth-order valence-electron chi connectivity index (χ4n) is 1.49. The summed E-state index contributed by atoms with van der Waals surface area (Å²) in [6.07, 6.45) is 0.692. The molecule has 7 heteroatoms. The predicted molar refractivity (Wildman–Crippen MR) is 81.9 cm³/mol. The molecule has 0 spiro atoms. The van der Waals surface area contributed by atoms with E-state index in [9.17, 15) is 4.39 Å². The number of likely N-dealkylation sites (N-methyl/N-ethyl adjacent to an activating group) is 1. The molecular formula is C12H14ClFIN3O. The van der Waals surface area contributed by atoms with Crippen LogP contribution in [0, 0.1) is 9.39 Å². The molecule has 1 heterocycles. The van der Waals surface area contributed by atoms with Crippen molar-refractivity contribution in [2.45, 2.75) is 19.4 Å². The topological polar surface area (TPSA) is 51.0 Å². The molecule has 0 aliphatic rings. The summed E-state index contributed by atoms with van der Waals surface area (Å²) in [5, 5.41) is 7.03. The van der Waals surface area contributed by atoms with Crippen molar-refractivity contribution >= 4 is 35.0 Å². The summed E-state index contributed by atoms with van der Waals surface area (Å²) in [6, 6.07) is 4.76. The van der Waals surface area contributed by atoms with Crippen LogP contribution in [0.15, 0.2) is 22.7 Å². The highest BCUT2D eigenvalue weighted by atomic mass is 127. The number of aromatic nitrogens is 2. The molecule has 1 aromatic carbocycles. The first-order valence-electron chi connectivity index (χ1n) is 5.55. The molecule has 0 amide bonds. The molecule has 2 aromatic rings. The lowest BCUT2D eigenvalue weighted by atomic mass is 10.2. The largest absolute Gasteiger partial charge is 0.334 e. The third kappa shape index (κ3) is 4.12. The maximum absolute atomic E-state index is 13.0. The molecule has 1 unspecified atom stereocenters. The number of benzene rings is 1. The van der Waals surface area contributed by atoms with Gasteiger partial charge in [0.05, 0.1) is 5.56 Å². The Morgan fingerprint density at radius 3 is 2.84 bits per heavy atom. The zero-order chi connectivity index (χ0) is 13.1. The third-order valence-electron chi connectivity index (χ3n) is 2.61. The molecule has 0 aliphatic heterocycles. The molecule has 104 valence electrons. The van der Waals surface area contributed by atoms with E-state index in [4.69, 9.17) is 4.52 Å². The lowest BCUT2D eigenvalue weighted by Crippen LogP contribution is -2.24. The van der Waals surface area contributed by atoms with E-state index in [0.717, 1.165) is 9.13 Å². The van der Waals surface area contributed by atoms with Crippen LogP contribution in [-0.4, -0.2) is 23.2 Å². The number of nitrogens with zero attached hydrogens (tertiary/aromatic N) is 2. The summed E-state index contributed by atoms with van der Waals surface area (Å²) in [5.41, 5.74) is 0.757. The van der Waals surface area contributed by atoms with Gasteiger partial charge in [0.2, 0.25) is 0 Å². The summed E-state index contributed by atoms with van der Waals surface area (Å²) < 4.78 is 19.0. The van der Waals surface area contributed by atoms with Crippen LogP contribution < -0.4 is 5.32 Å². The Morgan fingerprint density at radius 1 is 1.47 bits per heavy atom. The van der Waals surface area contributed by atoms with Crippen molar-refractivity contribution in [2.24, 2.45) is 0 Å². The Kier molecular flexibility index (Phi) is 6.15. The van der Waals surface area contributed by atoms with E-state index in [0.29, 0.717) is 18.1 Å². The van der Waals surface area contributed by atoms with E-state index in [1.54, 1.807) is 6.07 Å². The minimum atomic E-state index is -0.272. The maximum atomic E-state index is 13.0. The van der Waals surface area contributed by atoms with Crippen LogP contribution in [0.2, 0.25) is 0 Å². The van der Waals surface area contributed by atoms with E-state index in [1.807, 2.05) is 14.0 Å². The molecule has 0 aliphatic carbocycles. The molecule has 0 radical (unpaired) electrons. The number of hydrogen-bond donors (Lipinski definition) is 1. The van der Waals surface area contributed by atoms with Gasteiger partial charge in [0.25, 0.3) is 5.89 Å². The number of rotatable bonds is 4. The minimum absolute atomic E-state index is 0. The number of hydrogen-bond acceptors (Lipinski definition) is 4. The van der Waals surface area contributed by atoms with Gasteiger partial charge in [0.15, 0.2) is 5.82 Å². The zero-order valence-corrected chi connectivity index (χ0v) is 13.5. The van der Waals surface area contributed by atoms with Crippen molar-refractivity contribution in [2.75, 3.05) is 7.05 Å². The van der Waals surface area contributed by atoms with Gasteiger partial charge < -0.3 is 9.84 Å². The highest BCUT2D eigenvalue weighted by Gasteiger charge is 2.13. The monoisotopic (exact) mass is 397 g/mol. The van der Waals surface area contributed by atoms with Crippen molar-refractivity contribution in [1.82, 2.24) is 15.5 Å². The van der Waals surface area contributed by atoms with Gasteiger partial charge in [0, 0.05) is 16.0 Å². The van der Waals surface area contributed by atoms with Gasteiger partial charge in [-0.05, 0) is 54.8 Å². The maximum Gasteiger partial charge on any atom is 0.258 e. The van der Waals surface area contributed by atoms with Crippen molar-refractivity contribution in [3.8, 4) is 11.5 Å². The van der Waals surface area contributed by atoms with E-state index in [2.05, 4.69) is 38.0 Å². The van der Waals surface area contributed by atoms with Crippen molar-refractivity contribution in [1.29, 1.82) is 0 Å². The fraction of sp³-hybridized carbons (Fsp3) is 0.333. The summed E-state index contributed by atoms with van der Waals surface area (Å²) in [6.45, 7) is 2.04. The lowest BCUT2D eigenvalue weighted by Gasteiger charge is -2.04. The summed E-state index contributed by atoms with van der Waals surface area (Å²) >= 11 is 2.05. The Hall–Kier alpha value is -0.730. The van der Waals surface area contributed by atoms with Gasteiger partial charge in [-0.25, -0.2) is 4.39 Å². The normalized spacial score (nSPS) is 12.0. The molecule has 0 saturated heterocycles. The van der Waals surface area contributed by atoms with Crippen LogP contribution in [0.25, 0.3) is 11.5 Å². The highest BCUT2D eigenvalue weighted by Crippen LogP contribution is 2.24. The SMILES string of the molecule is CNC(C)Cc1noc(-c2ccc(F)cc2I)n1.Cl. The molecule has 0 saturated carbocycles. The third-order valence-corrected chi connectivity index (χ3v) is 3.50. The van der Waals surface area contributed by atoms with Crippen LogP contribution in [0.5, 0.6) is 0 Å². The van der Waals surface area contributed by atoms with Gasteiger partial charge in [-0.15, -0.1) is 12.4 Å². The molecule has 19 heavy (non-hydrogen) atoms. The second-order valence-electron chi connectivity index (χ2n) is 4.03. The van der Waals surface area contributed by atoms with Crippen molar-refractivity contribution in [3.05, 3.63) is 33.4 Å². The summed E-state index contributed by atoms with van der Waals surface area (Å²) in [4.78, 5) is 4.31. The van der Waals surface area contributed by atoms with Gasteiger partial charge in [-0.1, -0.05) is 5.16 Å². The van der Waals surface area contributed by atoms with Gasteiger partial charge in [-0.2, -0.15) is 4.98 Å². The van der Waals surface area contributed by atoms with Crippen LogP contribution in [0.4, 0.5) is 4.39 Å². The minimum Gasteiger partial charge on any atom is -0.334 e. The Labute approximate surface area is 130 Å². The second-order valence-corrected chi connectivity index (χ2v) is 5.20. The Morgan fingerprint density at radius 2 is 2.21 bits per heavy atom. The van der Waals surface area contributed by atoms with Gasteiger partial charge in [-0.3, -0.25) is 0 Å². The van der Waals surface area contributed by atoms with E-state index in [1.165, 1.54) is 12.1 Å². The van der Waals surface area contributed by atoms with Crippen LogP contribution >= 0.6 is 35.0 Å². The molecule has 4 nitrogen and oxygen atoms in total. The second kappa shape index (κ2) is 7.16. The van der Waals surface area contributed by atoms with Crippen LogP contribution in [0.3, 0.4) is 0 Å². The quantitative estimate of drug-likeness (QED) is 0.806. The molecule has 1 N–H and O–H groups in total. The first kappa shape index (κ1) is 16.3. The van der Waals surface area contributed by atoms with Gasteiger partial charge in [0.1, 0.15) is 5.82 Å². The van der Waals surface area contributed by atoms with Crippen LogP contribution in [0.1, 0.15) is 12.7 Å². The van der Waals surface area contributed by atoms with E-state index >= 15 is 0 Å². The van der Waals surface area contributed by atoms with Crippen LogP contribution in [-0.2, 0) is 6.42 Å². The average molecular weight is 398 g/mol. The van der Waals surface area contributed by atoms with Crippen molar-refractivity contribution in [3.63, 3.8) is 0 Å². The highest BCUT2D eigenvalue weighted by molar-refractivity contribution is 14.1. The first-order chi connectivity index (χ1) is 8.60. The molecule has 2 rings (SSSR count). The molecule has 1 aromatic heterocycles. The standard InChI is InChI=1S/C12H13FIN3O.ClH/c1-7(15-2)5-11-16-12(18-17-11)9-4-3-8(13)6-10(9)14;/h3-4,6-7,15H,5H2,1-2H3;1H. The first-order valence-corrected chi connectivity index (χ1v) is 6.63. The average Bonchev–Trinajstić information content (AvgIpc) is 2.77. The summed E-state index contributed by atoms with van der Waals surface area (Å²) in [5.74, 6) is 0.802. The molecule has 1 atom stereocenters. The fourth-order valence-corrected chi connectivity index (χ4v) is 2.19. The van der Waals surface area contributed by atoms with E-state index < -0.39 is 0 Å². The Balaban J connectivity index is 0.00000180. The number of halogens is 3.